The number of fused-ring (bicyclic) bond motifs is 1. The van der Waals surface area contributed by atoms with Gasteiger partial charge in [0.25, 0.3) is 0 Å². The molecule has 0 aliphatic carbocycles. The quantitative estimate of drug-likeness (QED) is 0.892. The average molecular weight is 294 g/mol. The largest absolute Gasteiger partial charge is 0.493 e. The normalized spacial score (nSPS) is 23.1. The van der Waals surface area contributed by atoms with Gasteiger partial charge < -0.3 is 24.7 Å². The molecule has 6 heteroatoms. The van der Waals surface area contributed by atoms with Gasteiger partial charge in [-0.1, -0.05) is 0 Å². The van der Waals surface area contributed by atoms with Gasteiger partial charge in [-0.25, -0.2) is 0 Å². The molecule has 2 unspecified atom stereocenters. The van der Waals surface area contributed by atoms with Crippen LogP contribution in [0.4, 0.5) is 0 Å². The van der Waals surface area contributed by atoms with Gasteiger partial charge in [-0.2, -0.15) is 0 Å². The number of nitrogens with two attached hydrogens (primary N) is 1. The van der Waals surface area contributed by atoms with E-state index >= 15 is 0 Å². The predicted molar refractivity (Wildman–Crippen MR) is 77.8 cm³/mol. The molecule has 1 saturated heterocycles. The summed E-state index contributed by atoms with van der Waals surface area (Å²) < 4.78 is 21.9. The van der Waals surface area contributed by atoms with E-state index in [1.165, 1.54) is 0 Å². The maximum absolute atomic E-state index is 5.93. The van der Waals surface area contributed by atoms with E-state index in [1.54, 1.807) is 7.11 Å². The van der Waals surface area contributed by atoms with Gasteiger partial charge in [-0.05, 0) is 24.6 Å². The number of morpholine rings is 1. The van der Waals surface area contributed by atoms with Crippen molar-refractivity contribution in [1.82, 2.24) is 4.90 Å². The van der Waals surface area contributed by atoms with Crippen molar-refractivity contribution in [2.75, 3.05) is 33.6 Å². The second kappa shape index (κ2) is 6.09. The van der Waals surface area contributed by atoms with Crippen molar-refractivity contribution < 1.29 is 18.9 Å². The minimum Gasteiger partial charge on any atom is -0.493 e. The third-order valence-corrected chi connectivity index (χ3v) is 3.89. The monoisotopic (exact) mass is 294 g/mol. The highest BCUT2D eigenvalue weighted by atomic mass is 16.7. The summed E-state index contributed by atoms with van der Waals surface area (Å²) in [6.45, 7) is 5.51. The van der Waals surface area contributed by atoms with Crippen LogP contribution in [0, 0.1) is 0 Å². The minimum absolute atomic E-state index is 0.0408. The Morgan fingerprint density at radius 3 is 3.05 bits per heavy atom. The Hall–Kier alpha value is -1.50. The van der Waals surface area contributed by atoms with Gasteiger partial charge in [0.05, 0.1) is 19.8 Å². The maximum atomic E-state index is 5.93. The summed E-state index contributed by atoms with van der Waals surface area (Å²) in [5, 5.41) is 0. The third-order valence-electron chi connectivity index (χ3n) is 3.89. The van der Waals surface area contributed by atoms with Crippen LogP contribution < -0.4 is 19.9 Å². The van der Waals surface area contributed by atoms with Gasteiger partial charge in [-0.3, -0.25) is 4.90 Å². The van der Waals surface area contributed by atoms with Crippen molar-refractivity contribution in [1.29, 1.82) is 0 Å². The van der Waals surface area contributed by atoms with E-state index in [-0.39, 0.29) is 18.9 Å². The molecule has 0 amide bonds. The van der Waals surface area contributed by atoms with Gasteiger partial charge in [0.15, 0.2) is 11.5 Å². The predicted octanol–water partition coefficient (Wildman–Crippen LogP) is 0.972. The van der Waals surface area contributed by atoms with Crippen LogP contribution in [-0.2, 0) is 11.3 Å². The van der Waals surface area contributed by atoms with Crippen LogP contribution in [0.3, 0.4) is 0 Å². The van der Waals surface area contributed by atoms with Gasteiger partial charge >= 0.3 is 0 Å². The zero-order valence-corrected chi connectivity index (χ0v) is 12.5. The molecule has 116 valence electrons. The van der Waals surface area contributed by atoms with Crippen molar-refractivity contribution in [3.05, 3.63) is 17.7 Å². The van der Waals surface area contributed by atoms with Gasteiger partial charge in [0.2, 0.25) is 12.5 Å². The lowest BCUT2D eigenvalue weighted by Crippen LogP contribution is -2.49. The van der Waals surface area contributed by atoms with Crippen LogP contribution in [0.1, 0.15) is 12.5 Å². The molecule has 1 aromatic carbocycles. The van der Waals surface area contributed by atoms with Crippen molar-refractivity contribution in [3.63, 3.8) is 0 Å². The summed E-state index contributed by atoms with van der Waals surface area (Å²) in [4.78, 5) is 2.34. The summed E-state index contributed by atoms with van der Waals surface area (Å²) >= 11 is 0. The molecule has 0 radical (unpaired) electrons. The summed E-state index contributed by atoms with van der Waals surface area (Å²) in [6.07, 6.45) is 0.0923. The number of rotatable bonds is 4. The number of benzene rings is 1. The van der Waals surface area contributed by atoms with E-state index in [0.717, 1.165) is 36.7 Å². The summed E-state index contributed by atoms with van der Waals surface area (Å²) in [5.41, 5.74) is 7.07. The Labute approximate surface area is 124 Å². The van der Waals surface area contributed by atoms with E-state index < -0.39 is 0 Å². The zero-order chi connectivity index (χ0) is 14.8. The van der Waals surface area contributed by atoms with Gasteiger partial charge in [0, 0.05) is 25.7 Å². The van der Waals surface area contributed by atoms with E-state index in [4.69, 9.17) is 24.7 Å². The number of ether oxygens (including phenoxy) is 4. The molecule has 1 fully saturated rings. The Morgan fingerprint density at radius 1 is 1.43 bits per heavy atom. The van der Waals surface area contributed by atoms with Crippen molar-refractivity contribution >= 4 is 0 Å². The molecule has 0 saturated carbocycles. The van der Waals surface area contributed by atoms with Crippen LogP contribution in [0.2, 0.25) is 0 Å². The number of nitrogens with zero attached hydrogens (tertiary/aromatic N) is 1. The Bertz CT molecular complexity index is 507. The molecule has 0 spiro atoms. The average Bonchev–Trinajstić information content (AvgIpc) is 2.95. The summed E-state index contributed by atoms with van der Waals surface area (Å²) in [5.74, 6) is 2.16. The lowest BCUT2D eigenvalue weighted by atomic mass is 10.1. The molecule has 2 atom stereocenters. The fraction of sp³-hybridized carbons (Fsp3) is 0.600. The Kier molecular flexibility index (Phi) is 4.19. The molecular weight excluding hydrogens is 272 g/mol. The molecule has 0 aromatic heterocycles. The minimum atomic E-state index is 0.0408. The SMILES string of the molecule is COc1cc(CN2CCOC(C(C)N)C2)cc2c1OCO2. The van der Waals surface area contributed by atoms with Crippen LogP contribution >= 0.6 is 0 Å². The fourth-order valence-electron chi connectivity index (χ4n) is 2.73. The second-order valence-electron chi connectivity index (χ2n) is 5.54. The highest BCUT2D eigenvalue weighted by molar-refractivity contribution is 5.55. The van der Waals surface area contributed by atoms with Gasteiger partial charge in [-0.15, -0.1) is 0 Å². The number of hydrogen-bond acceptors (Lipinski definition) is 6. The first-order chi connectivity index (χ1) is 10.2. The lowest BCUT2D eigenvalue weighted by molar-refractivity contribution is -0.0403. The van der Waals surface area contributed by atoms with Crippen LogP contribution in [0.25, 0.3) is 0 Å². The molecular formula is C15H22N2O4. The van der Waals surface area contributed by atoms with Crippen molar-refractivity contribution in [2.45, 2.75) is 25.6 Å². The van der Waals surface area contributed by atoms with E-state index in [9.17, 15) is 0 Å². The second-order valence-corrected chi connectivity index (χ2v) is 5.54. The first-order valence-electron chi connectivity index (χ1n) is 7.23. The Morgan fingerprint density at radius 2 is 2.29 bits per heavy atom. The molecule has 0 bridgehead atoms. The number of hydrogen-bond donors (Lipinski definition) is 1. The molecule has 1 aromatic rings. The van der Waals surface area contributed by atoms with E-state index in [2.05, 4.69) is 4.90 Å². The maximum Gasteiger partial charge on any atom is 0.231 e. The van der Waals surface area contributed by atoms with Crippen molar-refractivity contribution in [3.8, 4) is 17.2 Å². The first kappa shape index (κ1) is 14.4. The van der Waals surface area contributed by atoms with Crippen LogP contribution in [0.5, 0.6) is 17.2 Å². The Balaban J connectivity index is 1.73. The van der Waals surface area contributed by atoms with Gasteiger partial charge in [0.1, 0.15) is 0 Å². The molecule has 3 rings (SSSR count). The fourth-order valence-corrected chi connectivity index (χ4v) is 2.73. The van der Waals surface area contributed by atoms with Crippen LogP contribution in [0.15, 0.2) is 12.1 Å². The summed E-state index contributed by atoms with van der Waals surface area (Å²) in [6, 6.07) is 4.06. The lowest BCUT2D eigenvalue weighted by Gasteiger charge is -2.34. The highest BCUT2D eigenvalue weighted by Crippen LogP contribution is 2.42. The molecule has 2 aliphatic rings. The molecule has 2 heterocycles. The zero-order valence-electron chi connectivity index (χ0n) is 12.5. The summed E-state index contributed by atoms with van der Waals surface area (Å²) in [7, 11) is 1.64. The topological polar surface area (TPSA) is 66.2 Å². The molecule has 21 heavy (non-hydrogen) atoms. The number of methoxy groups -OCH3 is 1. The first-order valence-corrected chi connectivity index (χ1v) is 7.23. The molecule has 2 aliphatic heterocycles. The highest BCUT2D eigenvalue weighted by Gasteiger charge is 2.25. The third kappa shape index (κ3) is 3.07. The molecule has 2 N–H and O–H groups in total. The van der Waals surface area contributed by atoms with E-state index in [0.29, 0.717) is 12.4 Å². The van der Waals surface area contributed by atoms with E-state index in [1.807, 2.05) is 19.1 Å². The van der Waals surface area contributed by atoms with Crippen molar-refractivity contribution in [2.24, 2.45) is 5.73 Å². The standard InChI is InChI=1S/C15H22N2O4/c1-10(16)14-8-17(3-4-19-14)7-11-5-12(18-2)15-13(6-11)20-9-21-15/h5-6,10,14H,3-4,7-9,16H2,1-2H3. The smallest absolute Gasteiger partial charge is 0.231 e. The molecule has 6 nitrogen and oxygen atoms in total. The van der Waals surface area contributed by atoms with Crippen LogP contribution in [-0.4, -0.2) is 50.6 Å².